The van der Waals surface area contributed by atoms with Crippen molar-refractivity contribution in [1.82, 2.24) is 0 Å². The molecule has 23 heavy (non-hydrogen) atoms. The molecule has 0 atom stereocenters. The number of hydrogen-bond donors (Lipinski definition) is 0. The van der Waals surface area contributed by atoms with Crippen molar-refractivity contribution < 1.29 is 17.5 Å². The molecule has 0 aromatic heterocycles. The SMILES string of the molecule is C=Cc1ccc(S(=O)(=O)[O-])cc1.C[N+](C)(C)Cc1ccccc1. The third-order valence-electron chi connectivity index (χ3n) is 2.90. The van der Waals surface area contributed by atoms with E-state index >= 15 is 0 Å². The molecule has 0 radical (unpaired) electrons. The molecule has 0 amide bonds. The first-order valence-corrected chi connectivity index (χ1v) is 8.55. The van der Waals surface area contributed by atoms with Crippen LogP contribution in [0.3, 0.4) is 0 Å². The average molecular weight is 333 g/mol. The molecule has 5 heteroatoms. The number of rotatable bonds is 4. The lowest BCUT2D eigenvalue weighted by Gasteiger charge is -2.23. The van der Waals surface area contributed by atoms with Crippen molar-refractivity contribution in [1.29, 1.82) is 0 Å². The molecule has 124 valence electrons. The summed E-state index contributed by atoms with van der Waals surface area (Å²) < 4.78 is 32.3. The van der Waals surface area contributed by atoms with Gasteiger partial charge in [0.25, 0.3) is 0 Å². The third-order valence-corrected chi connectivity index (χ3v) is 3.75. The summed E-state index contributed by atoms with van der Waals surface area (Å²) in [6.45, 7) is 4.59. The lowest BCUT2D eigenvalue weighted by atomic mass is 10.2. The molecular weight excluding hydrogens is 310 g/mol. The lowest BCUT2D eigenvalue weighted by molar-refractivity contribution is -0.884. The Kier molecular flexibility index (Phi) is 6.69. The molecule has 4 nitrogen and oxygen atoms in total. The highest BCUT2D eigenvalue weighted by atomic mass is 32.2. The smallest absolute Gasteiger partial charge is 0.124 e. The van der Waals surface area contributed by atoms with Crippen molar-refractivity contribution in [2.24, 2.45) is 0 Å². The lowest BCUT2D eigenvalue weighted by Crippen LogP contribution is -2.33. The zero-order valence-corrected chi connectivity index (χ0v) is 14.6. The van der Waals surface area contributed by atoms with E-state index < -0.39 is 10.1 Å². The zero-order chi connectivity index (χ0) is 17.5. The van der Waals surface area contributed by atoms with Crippen LogP contribution in [0.1, 0.15) is 11.1 Å². The minimum absolute atomic E-state index is 0.215. The van der Waals surface area contributed by atoms with E-state index in [9.17, 15) is 13.0 Å². The van der Waals surface area contributed by atoms with Crippen molar-refractivity contribution in [3.63, 3.8) is 0 Å². The first kappa shape index (κ1) is 19.1. The van der Waals surface area contributed by atoms with Crippen LogP contribution < -0.4 is 0 Å². The molecule has 0 bridgehead atoms. The summed E-state index contributed by atoms with van der Waals surface area (Å²) in [6.07, 6.45) is 1.57. The molecule has 0 spiro atoms. The van der Waals surface area contributed by atoms with Crippen LogP contribution in [0.25, 0.3) is 6.08 Å². The van der Waals surface area contributed by atoms with Gasteiger partial charge in [0.2, 0.25) is 0 Å². The highest BCUT2D eigenvalue weighted by Gasteiger charge is 2.06. The van der Waals surface area contributed by atoms with Crippen molar-refractivity contribution in [2.45, 2.75) is 11.4 Å². The minimum atomic E-state index is -4.31. The van der Waals surface area contributed by atoms with Crippen molar-refractivity contribution >= 4 is 16.2 Å². The first-order valence-electron chi connectivity index (χ1n) is 7.14. The highest BCUT2D eigenvalue weighted by Crippen LogP contribution is 2.10. The maximum atomic E-state index is 10.5. The van der Waals surface area contributed by atoms with Crippen LogP contribution in [0.15, 0.2) is 66.1 Å². The standard InChI is InChI=1S/C10H16N.C8H8O3S/c1-11(2,3)9-10-7-5-4-6-8-10;1-2-7-3-5-8(6-4-7)12(9,10)11/h4-8H,9H2,1-3H3;2-6H,1H2,(H,9,10,11)/q+1;/p-1. The summed E-state index contributed by atoms with van der Waals surface area (Å²) in [6, 6.07) is 16.1. The Labute approximate surface area is 139 Å². The maximum absolute atomic E-state index is 10.5. The van der Waals surface area contributed by atoms with E-state index in [1.165, 1.54) is 29.8 Å². The summed E-state index contributed by atoms with van der Waals surface area (Å²) in [5, 5.41) is 0. The number of hydrogen-bond acceptors (Lipinski definition) is 3. The van der Waals surface area contributed by atoms with Gasteiger partial charge in [0.05, 0.1) is 26.0 Å². The Morgan fingerprint density at radius 1 is 1.00 bits per heavy atom. The molecule has 0 aliphatic carbocycles. The molecule has 2 rings (SSSR count). The third kappa shape index (κ3) is 7.74. The highest BCUT2D eigenvalue weighted by molar-refractivity contribution is 7.85. The van der Waals surface area contributed by atoms with Gasteiger partial charge in [0.1, 0.15) is 16.7 Å². The van der Waals surface area contributed by atoms with Gasteiger partial charge in [-0.1, -0.05) is 55.1 Å². The van der Waals surface area contributed by atoms with Gasteiger partial charge in [0, 0.05) is 5.56 Å². The molecule has 2 aromatic carbocycles. The molecule has 0 fully saturated rings. The van der Waals surface area contributed by atoms with Gasteiger partial charge in [-0.05, 0) is 17.7 Å². The largest absolute Gasteiger partial charge is 0.744 e. The van der Waals surface area contributed by atoms with E-state index in [4.69, 9.17) is 0 Å². The fourth-order valence-electron chi connectivity index (χ4n) is 1.90. The van der Waals surface area contributed by atoms with Crippen molar-refractivity contribution in [3.8, 4) is 0 Å². The summed E-state index contributed by atoms with van der Waals surface area (Å²) in [4.78, 5) is -0.215. The van der Waals surface area contributed by atoms with Crippen LogP contribution in [0.5, 0.6) is 0 Å². The number of quaternary nitrogens is 1. The maximum Gasteiger partial charge on any atom is 0.124 e. The molecule has 0 N–H and O–H groups in total. The van der Waals surface area contributed by atoms with Gasteiger partial charge in [0.15, 0.2) is 0 Å². The normalized spacial score (nSPS) is 11.3. The topological polar surface area (TPSA) is 57.2 Å². The zero-order valence-electron chi connectivity index (χ0n) is 13.8. The second-order valence-electron chi connectivity index (χ2n) is 6.16. The molecule has 0 aliphatic rings. The van der Waals surface area contributed by atoms with Gasteiger partial charge in [-0.15, -0.1) is 0 Å². The van der Waals surface area contributed by atoms with Gasteiger partial charge in [-0.3, -0.25) is 0 Å². The Morgan fingerprint density at radius 3 is 1.91 bits per heavy atom. The fourth-order valence-corrected chi connectivity index (χ4v) is 2.37. The predicted octanol–water partition coefficient (Wildman–Crippen LogP) is 3.13. The van der Waals surface area contributed by atoms with Gasteiger partial charge < -0.3 is 9.04 Å². The molecule has 0 heterocycles. The Bertz CT molecular complexity index is 715. The molecular formula is C18H23NO3S. The molecule has 0 saturated heterocycles. The van der Waals surface area contributed by atoms with E-state index in [0.29, 0.717) is 0 Å². The summed E-state index contributed by atoms with van der Waals surface area (Å²) in [5.74, 6) is 0. The van der Waals surface area contributed by atoms with Gasteiger partial charge in [-0.2, -0.15) is 0 Å². The average Bonchev–Trinajstić information content (AvgIpc) is 2.46. The van der Waals surface area contributed by atoms with E-state index in [1.54, 1.807) is 6.08 Å². The Balaban J connectivity index is 0.000000231. The van der Waals surface area contributed by atoms with Crippen LogP contribution in [0, 0.1) is 0 Å². The van der Waals surface area contributed by atoms with Gasteiger partial charge in [-0.25, -0.2) is 8.42 Å². The van der Waals surface area contributed by atoms with Gasteiger partial charge >= 0.3 is 0 Å². The van der Waals surface area contributed by atoms with Crippen LogP contribution in [-0.2, 0) is 16.7 Å². The Morgan fingerprint density at radius 2 is 1.52 bits per heavy atom. The minimum Gasteiger partial charge on any atom is -0.744 e. The summed E-state index contributed by atoms with van der Waals surface area (Å²) >= 11 is 0. The Hall–Kier alpha value is -1.95. The monoisotopic (exact) mass is 333 g/mol. The molecule has 0 unspecified atom stereocenters. The second kappa shape index (κ2) is 8.06. The van der Waals surface area contributed by atoms with Crippen LogP contribution in [0.4, 0.5) is 0 Å². The quantitative estimate of drug-likeness (QED) is 0.638. The fraction of sp³-hybridized carbons (Fsp3) is 0.222. The molecule has 0 saturated carbocycles. The number of benzene rings is 2. The summed E-state index contributed by atoms with van der Waals surface area (Å²) in [5.41, 5.74) is 2.18. The van der Waals surface area contributed by atoms with Crippen LogP contribution in [-0.4, -0.2) is 38.6 Å². The first-order chi connectivity index (χ1) is 10.6. The molecule has 0 aliphatic heterocycles. The predicted molar refractivity (Wildman–Crippen MR) is 92.7 cm³/mol. The van der Waals surface area contributed by atoms with Crippen molar-refractivity contribution in [2.75, 3.05) is 21.1 Å². The van der Waals surface area contributed by atoms with E-state index in [-0.39, 0.29) is 4.90 Å². The number of nitrogens with zero attached hydrogens (tertiary/aromatic N) is 1. The summed E-state index contributed by atoms with van der Waals surface area (Å²) in [7, 11) is 2.29. The van der Waals surface area contributed by atoms with Crippen LogP contribution in [0.2, 0.25) is 0 Å². The van der Waals surface area contributed by atoms with E-state index in [1.807, 2.05) is 0 Å². The van der Waals surface area contributed by atoms with E-state index in [0.717, 1.165) is 16.6 Å². The second-order valence-corrected chi connectivity index (χ2v) is 7.54. The molecule has 2 aromatic rings. The van der Waals surface area contributed by atoms with Crippen molar-refractivity contribution in [3.05, 3.63) is 72.3 Å². The van der Waals surface area contributed by atoms with E-state index in [2.05, 4.69) is 58.1 Å². The van der Waals surface area contributed by atoms with Crippen LogP contribution >= 0.6 is 0 Å².